The van der Waals surface area contributed by atoms with E-state index < -0.39 is 0 Å². The molecule has 0 bridgehead atoms. The van der Waals surface area contributed by atoms with Crippen molar-refractivity contribution in [2.45, 2.75) is 45.3 Å². The first-order valence-corrected chi connectivity index (χ1v) is 7.37. The van der Waals surface area contributed by atoms with Gasteiger partial charge in [0.2, 0.25) is 0 Å². The third-order valence-corrected chi connectivity index (χ3v) is 4.04. The van der Waals surface area contributed by atoms with Gasteiger partial charge in [0.15, 0.2) is 0 Å². The van der Waals surface area contributed by atoms with Crippen molar-refractivity contribution in [2.24, 2.45) is 0 Å². The standard InChI is InChI=1S/C16H25NO2/c1-13-6-8-16(9-7-13)19-12-15(18)11-17-10-4-3-5-14(17)2/h6-9,14-15,18H,3-5,10-12H2,1-2H3/p+1/t14-,15-/m1/s1. The number of hydrogen-bond acceptors (Lipinski definition) is 2. The van der Waals surface area contributed by atoms with Crippen LogP contribution in [-0.4, -0.2) is 36.9 Å². The van der Waals surface area contributed by atoms with Crippen molar-refractivity contribution in [3.05, 3.63) is 29.8 Å². The second kappa shape index (κ2) is 6.92. The summed E-state index contributed by atoms with van der Waals surface area (Å²) in [6.07, 6.45) is 3.52. The summed E-state index contributed by atoms with van der Waals surface area (Å²) in [6.45, 7) is 6.71. The fourth-order valence-electron chi connectivity index (χ4n) is 2.74. The minimum absolute atomic E-state index is 0.378. The maximum atomic E-state index is 10.1. The van der Waals surface area contributed by atoms with Crippen molar-refractivity contribution in [2.75, 3.05) is 19.7 Å². The Morgan fingerprint density at radius 1 is 1.32 bits per heavy atom. The van der Waals surface area contributed by atoms with Gasteiger partial charge in [0.25, 0.3) is 0 Å². The predicted octanol–water partition coefficient (Wildman–Crippen LogP) is 1.19. The number of aliphatic hydroxyl groups is 1. The fraction of sp³-hybridized carbons (Fsp3) is 0.625. The van der Waals surface area contributed by atoms with Crippen molar-refractivity contribution in [3.8, 4) is 5.75 Å². The zero-order chi connectivity index (χ0) is 13.7. The molecule has 1 aliphatic heterocycles. The maximum Gasteiger partial charge on any atom is 0.137 e. The molecule has 3 atom stereocenters. The summed E-state index contributed by atoms with van der Waals surface area (Å²) in [4.78, 5) is 1.52. The molecule has 106 valence electrons. The minimum atomic E-state index is -0.378. The van der Waals surface area contributed by atoms with Gasteiger partial charge in [-0.15, -0.1) is 0 Å². The third kappa shape index (κ3) is 4.51. The Morgan fingerprint density at radius 3 is 2.74 bits per heavy atom. The normalized spacial score (nSPS) is 25.0. The molecule has 0 aliphatic carbocycles. The number of likely N-dealkylation sites (tertiary alicyclic amines) is 1. The van der Waals surface area contributed by atoms with Gasteiger partial charge < -0.3 is 14.7 Å². The maximum absolute atomic E-state index is 10.1. The van der Waals surface area contributed by atoms with Crippen LogP contribution in [0.15, 0.2) is 24.3 Å². The van der Waals surface area contributed by atoms with Crippen LogP contribution in [0.2, 0.25) is 0 Å². The molecule has 2 N–H and O–H groups in total. The summed E-state index contributed by atoms with van der Waals surface area (Å²) in [5, 5.41) is 10.1. The Hall–Kier alpha value is -1.06. The van der Waals surface area contributed by atoms with E-state index in [9.17, 15) is 5.11 Å². The molecule has 0 radical (unpaired) electrons. The van der Waals surface area contributed by atoms with Gasteiger partial charge in [0.1, 0.15) is 25.0 Å². The van der Waals surface area contributed by atoms with Gasteiger partial charge in [-0.05, 0) is 45.2 Å². The summed E-state index contributed by atoms with van der Waals surface area (Å²) < 4.78 is 5.64. The highest BCUT2D eigenvalue weighted by molar-refractivity contribution is 5.26. The van der Waals surface area contributed by atoms with E-state index in [4.69, 9.17) is 4.74 Å². The van der Waals surface area contributed by atoms with Crippen LogP contribution >= 0.6 is 0 Å². The molecule has 1 aromatic rings. The van der Waals surface area contributed by atoms with Crippen molar-refractivity contribution in [3.63, 3.8) is 0 Å². The number of aryl methyl sites for hydroxylation is 1. The first kappa shape index (κ1) is 14.4. The van der Waals surface area contributed by atoms with Crippen LogP contribution in [0.4, 0.5) is 0 Å². The zero-order valence-corrected chi connectivity index (χ0v) is 12.1. The monoisotopic (exact) mass is 264 g/mol. The van der Waals surface area contributed by atoms with Gasteiger partial charge in [-0.3, -0.25) is 0 Å². The van der Waals surface area contributed by atoms with Crippen LogP contribution < -0.4 is 9.64 Å². The van der Waals surface area contributed by atoms with Crippen molar-refractivity contribution >= 4 is 0 Å². The number of nitrogens with one attached hydrogen (secondary N) is 1. The van der Waals surface area contributed by atoms with Gasteiger partial charge in [0.05, 0.1) is 12.6 Å². The number of benzene rings is 1. The number of quaternary nitrogens is 1. The predicted molar refractivity (Wildman–Crippen MR) is 76.7 cm³/mol. The molecular weight excluding hydrogens is 238 g/mol. The molecule has 1 aliphatic rings. The van der Waals surface area contributed by atoms with Crippen LogP contribution in [0.5, 0.6) is 5.75 Å². The lowest BCUT2D eigenvalue weighted by Crippen LogP contribution is -3.17. The topological polar surface area (TPSA) is 33.9 Å². The highest BCUT2D eigenvalue weighted by atomic mass is 16.5. The zero-order valence-electron chi connectivity index (χ0n) is 12.1. The minimum Gasteiger partial charge on any atom is -0.491 e. The average Bonchev–Trinajstić information content (AvgIpc) is 2.41. The Kier molecular flexibility index (Phi) is 5.23. The quantitative estimate of drug-likeness (QED) is 0.838. The molecule has 3 heteroatoms. The Balaban J connectivity index is 1.74. The first-order valence-electron chi connectivity index (χ1n) is 7.37. The summed E-state index contributed by atoms with van der Waals surface area (Å²) in [6, 6.07) is 8.64. The molecule has 0 amide bonds. The lowest BCUT2D eigenvalue weighted by Gasteiger charge is -2.31. The molecule has 1 heterocycles. The third-order valence-electron chi connectivity index (χ3n) is 4.04. The molecule has 0 spiro atoms. The van der Waals surface area contributed by atoms with Gasteiger partial charge >= 0.3 is 0 Å². The van der Waals surface area contributed by atoms with Crippen molar-refractivity contribution in [1.82, 2.24) is 0 Å². The second-order valence-electron chi connectivity index (χ2n) is 5.79. The summed E-state index contributed by atoms with van der Waals surface area (Å²) in [5.41, 5.74) is 1.22. The number of ether oxygens (including phenoxy) is 1. The van der Waals surface area contributed by atoms with E-state index in [1.165, 1.54) is 36.3 Å². The SMILES string of the molecule is Cc1ccc(OC[C@H](O)C[NH+]2CCCC[C@H]2C)cc1. The van der Waals surface area contributed by atoms with Gasteiger partial charge in [-0.25, -0.2) is 0 Å². The molecule has 19 heavy (non-hydrogen) atoms. The van der Waals surface area contributed by atoms with Crippen molar-refractivity contribution < 1.29 is 14.7 Å². The average molecular weight is 264 g/mol. The Morgan fingerprint density at radius 2 is 2.05 bits per heavy atom. The van der Waals surface area contributed by atoms with Gasteiger partial charge in [-0.1, -0.05) is 17.7 Å². The molecule has 0 saturated carbocycles. The van der Waals surface area contributed by atoms with Crippen LogP contribution in [0.3, 0.4) is 0 Å². The lowest BCUT2D eigenvalue weighted by atomic mass is 10.0. The van der Waals surface area contributed by atoms with Crippen LogP contribution in [0.25, 0.3) is 0 Å². The number of piperidine rings is 1. The number of aliphatic hydroxyl groups excluding tert-OH is 1. The first-order chi connectivity index (χ1) is 9.15. The Labute approximate surface area is 116 Å². The van der Waals surface area contributed by atoms with Gasteiger partial charge in [-0.2, -0.15) is 0 Å². The smallest absolute Gasteiger partial charge is 0.137 e. The van der Waals surface area contributed by atoms with Crippen LogP contribution in [0.1, 0.15) is 31.7 Å². The number of hydrogen-bond donors (Lipinski definition) is 2. The van der Waals surface area contributed by atoms with E-state index >= 15 is 0 Å². The molecule has 3 nitrogen and oxygen atoms in total. The largest absolute Gasteiger partial charge is 0.491 e. The lowest BCUT2D eigenvalue weighted by molar-refractivity contribution is -0.931. The molecule has 2 rings (SSSR count). The van der Waals surface area contributed by atoms with Crippen LogP contribution in [0, 0.1) is 6.92 Å². The van der Waals surface area contributed by atoms with Crippen molar-refractivity contribution in [1.29, 1.82) is 0 Å². The molecule has 1 aromatic carbocycles. The van der Waals surface area contributed by atoms with Gasteiger partial charge in [0, 0.05) is 0 Å². The molecule has 1 unspecified atom stereocenters. The molecular formula is C16H26NO2+. The van der Waals surface area contributed by atoms with E-state index in [2.05, 4.69) is 13.8 Å². The molecule has 0 aromatic heterocycles. The second-order valence-corrected chi connectivity index (χ2v) is 5.79. The summed E-state index contributed by atoms with van der Waals surface area (Å²) >= 11 is 0. The fourth-order valence-corrected chi connectivity index (χ4v) is 2.74. The Bertz CT molecular complexity index is 377. The summed E-state index contributed by atoms with van der Waals surface area (Å²) in [5.74, 6) is 0.839. The highest BCUT2D eigenvalue weighted by Crippen LogP contribution is 2.11. The molecule has 1 saturated heterocycles. The van der Waals surface area contributed by atoms with E-state index in [1.807, 2.05) is 24.3 Å². The van der Waals surface area contributed by atoms with E-state index in [0.717, 1.165) is 12.3 Å². The molecule has 1 fully saturated rings. The van der Waals surface area contributed by atoms with E-state index in [-0.39, 0.29) is 6.10 Å². The number of rotatable bonds is 5. The summed E-state index contributed by atoms with van der Waals surface area (Å²) in [7, 11) is 0. The van der Waals surface area contributed by atoms with E-state index in [1.54, 1.807) is 0 Å². The highest BCUT2D eigenvalue weighted by Gasteiger charge is 2.24. The van der Waals surface area contributed by atoms with Crippen LogP contribution in [-0.2, 0) is 0 Å². The van der Waals surface area contributed by atoms with E-state index in [0.29, 0.717) is 12.6 Å².